The maximum atomic E-state index is 12.4. The highest BCUT2D eigenvalue weighted by Gasteiger charge is 2.27. The zero-order chi connectivity index (χ0) is 14.6. The Hall–Kier alpha value is -1.07. The van der Waals surface area contributed by atoms with E-state index in [1.54, 1.807) is 18.2 Å². The average Bonchev–Trinajstić information content (AvgIpc) is 2.46. The predicted octanol–water partition coefficient (Wildman–Crippen LogP) is 2.91. The summed E-state index contributed by atoms with van der Waals surface area (Å²) in [5, 5.41) is 0. The molecule has 1 aliphatic rings. The van der Waals surface area contributed by atoms with Gasteiger partial charge in [0.05, 0.1) is 4.90 Å². The minimum Gasteiger partial charge on any atom is -0.399 e. The van der Waals surface area contributed by atoms with E-state index in [1.165, 1.54) is 25.3 Å². The van der Waals surface area contributed by atoms with Gasteiger partial charge in [-0.25, -0.2) is 13.1 Å². The van der Waals surface area contributed by atoms with Crippen molar-refractivity contribution < 1.29 is 8.42 Å². The molecule has 0 radical (unpaired) electrons. The van der Waals surface area contributed by atoms with Gasteiger partial charge in [-0.1, -0.05) is 32.3 Å². The monoisotopic (exact) mass is 296 g/mol. The van der Waals surface area contributed by atoms with E-state index in [4.69, 9.17) is 5.73 Å². The quantitative estimate of drug-likeness (QED) is 0.821. The van der Waals surface area contributed by atoms with E-state index < -0.39 is 10.0 Å². The lowest BCUT2D eigenvalue weighted by Crippen LogP contribution is -2.40. The zero-order valence-corrected chi connectivity index (χ0v) is 12.8. The molecule has 0 saturated heterocycles. The van der Waals surface area contributed by atoms with E-state index in [1.807, 2.05) is 6.92 Å². The van der Waals surface area contributed by atoms with Crippen LogP contribution >= 0.6 is 0 Å². The number of hydrogen-bond donors (Lipinski definition) is 2. The summed E-state index contributed by atoms with van der Waals surface area (Å²) in [6.07, 6.45) is 6.76. The number of benzene rings is 1. The number of nitrogen functional groups attached to an aromatic ring is 1. The van der Waals surface area contributed by atoms with Crippen LogP contribution < -0.4 is 10.5 Å². The number of nitrogens with two attached hydrogens (primary N) is 1. The number of sulfonamides is 1. The SMILES string of the molecule is CCC(NS(=O)(=O)c1cccc(N)c1)C1CCCCC1. The van der Waals surface area contributed by atoms with Crippen LogP contribution in [0.15, 0.2) is 29.2 Å². The molecule has 1 saturated carbocycles. The number of rotatable bonds is 5. The van der Waals surface area contributed by atoms with Gasteiger partial charge in [-0.05, 0) is 43.4 Å². The van der Waals surface area contributed by atoms with Crippen molar-refractivity contribution in [3.05, 3.63) is 24.3 Å². The summed E-state index contributed by atoms with van der Waals surface area (Å²) < 4.78 is 27.7. The Morgan fingerprint density at radius 3 is 2.60 bits per heavy atom. The van der Waals surface area contributed by atoms with Gasteiger partial charge < -0.3 is 5.73 Å². The second kappa shape index (κ2) is 6.59. The molecular weight excluding hydrogens is 272 g/mol. The second-order valence-corrected chi connectivity index (χ2v) is 7.32. The van der Waals surface area contributed by atoms with Crippen molar-refractivity contribution >= 4 is 15.7 Å². The molecule has 1 aromatic rings. The van der Waals surface area contributed by atoms with Crippen LogP contribution in [-0.4, -0.2) is 14.5 Å². The standard InChI is InChI=1S/C15H24N2O2S/c1-2-15(12-7-4-3-5-8-12)17-20(18,19)14-10-6-9-13(16)11-14/h6,9-12,15,17H,2-5,7-8,16H2,1H3. The Morgan fingerprint density at radius 1 is 1.30 bits per heavy atom. The third kappa shape index (κ3) is 3.73. The first kappa shape index (κ1) is 15.3. The van der Waals surface area contributed by atoms with Crippen molar-refractivity contribution in [1.29, 1.82) is 0 Å². The summed E-state index contributed by atoms with van der Waals surface area (Å²) in [5.74, 6) is 0.463. The fraction of sp³-hybridized carbons (Fsp3) is 0.600. The van der Waals surface area contributed by atoms with Gasteiger partial charge in [0, 0.05) is 11.7 Å². The molecule has 1 atom stereocenters. The van der Waals surface area contributed by atoms with Crippen molar-refractivity contribution in [1.82, 2.24) is 4.72 Å². The lowest BCUT2D eigenvalue weighted by Gasteiger charge is -2.30. The van der Waals surface area contributed by atoms with Crippen LogP contribution in [0.1, 0.15) is 45.4 Å². The summed E-state index contributed by atoms with van der Waals surface area (Å²) in [6, 6.07) is 6.49. The Labute approximate surface area is 121 Å². The number of nitrogens with one attached hydrogen (secondary N) is 1. The highest BCUT2D eigenvalue weighted by atomic mass is 32.2. The first-order chi connectivity index (χ1) is 9.53. The molecule has 1 fully saturated rings. The van der Waals surface area contributed by atoms with Gasteiger partial charge >= 0.3 is 0 Å². The fourth-order valence-corrected chi connectivity index (χ4v) is 4.44. The highest BCUT2D eigenvalue weighted by Crippen LogP contribution is 2.28. The molecule has 112 valence electrons. The van der Waals surface area contributed by atoms with Crippen molar-refractivity contribution in [2.75, 3.05) is 5.73 Å². The molecule has 2 rings (SSSR count). The third-order valence-electron chi connectivity index (χ3n) is 4.13. The zero-order valence-electron chi connectivity index (χ0n) is 12.0. The maximum absolute atomic E-state index is 12.4. The normalized spacial score (nSPS) is 18.9. The van der Waals surface area contributed by atoms with Crippen LogP contribution in [0.5, 0.6) is 0 Å². The summed E-state index contributed by atoms with van der Waals surface area (Å²) >= 11 is 0. The molecule has 0 bridgehead atoms. The van der Waals surface area contributed by atoms with E-state index >= 15 is 0 Å². The van der Waals surface area contributed by atoms with Gasteiger partial charge in [-0.15, -0.1) is 0 Å². The average molecular weight is 296 g/mol. The van der Waals surface area contributed by atoms with Crippen LogP contribution in [0.3, 0.4) is 0 Å². The summed E-state index contributed by atoms with van der Waals surface area (Å²) in [4.78, 5) is 0.256. The van der Waals surface area contributed by atoms with E-state index in [9.17, 15) is 8.42 Å². The lowest BCUT2D eigenvalue weighted by molar-refractivity contribution is 0.285. The molecule has 0 amide bonds. The summed E-state index contributed by atoms with van der Waals surface area (Å²) in [5.41, 5.74) is 6.14. The molecule has 20 heavy (non-hydrogen) atoms. The van der Waals surface area contributed by atoms with Gasteiger partial charge in [0.1, 0.15) is 0 Å². The Kier molecular flexibility index (Phi) is 5.05. The molecule has 0 aromatic heterocycles. The van der Waals surface area contributed by atoms with Crippen molar-refractivity contribution in [3.63, 3.8) is 0 Å². The Morgan fingerprint density at radius 2 is 2.00 bits per heavy atom. The Balaban J connectivity index is 2.13. The third-order valence-corrected chi connectivity index (χ3v) is 5.62. The molecular formula is C15H24N2O2S. The maximum Gasteiger partial charge on any atom is 0.240 e. The molecule has 1 aromatic carbocycles. The van der Waals surface area contributed by atoms with Gasteiger partial charge in [-0.2, -0.15) is 0 Å². The molecule has 1 aliphatic carbocycles. The van der Waals surface area contributed by atoms with Crippen LogP contribution in [0, 0.1) is 5.92 Å². The largest absolute Gasteiger partial charge is 0.399 e. The Bertz CT molecular complexity index is 537. The molecule has 3 N–H and O–H groups in total. The topological polar surface area (TPSA) is 72.2 Å². The molecule has 1 unspecified atom stereocenters. The van der Waals surface area contributed by atoms with Gasteiger partial charge in [0.15, 0.2) is 0 Å². The highest BCUT2D eigenvalue weighted by molar-refractivity contribution is 7.89. The van der Waals surface area contributed by atoms with Crippen LogP contribution in [0.2, 0.25) is 0 Å². The van der Waals surface area contributed by atoms with Crippen LogP contribution in [0.4, 0.5) is 5.69 Å². The van der Waals surface area contributed by atoms with Crippen molar-refractivity contribution in [2.45, 2.75) is 56.4 Å². The van der Waals surface area contributed by atoms with Gasteiger partial charge in [0.25, 0.3) is 0 Å². The minimum absolute atomic E-state index is 0.0294. The molecule has 5 heteroatoms. The smallest absolute Gasteiger partial charge is 0.240 e. The summed E-state index contributed by atoms with van der Waals surface area (Å²) in [6.45, 7) is 2.04. The molecule has 0 spiro atoms. The minimum atomic E-state index is -3.47. The van der Waals surface area contributed by atoms with Gasteiger partial charge in [-0.3, -0.25) is 0 Å². The number of anilines is 1. The van der Waals surface area contributed by atoms with E-state index in [0.717, 1.165) is 19.3 Å². The molecule has 0 aliphatic heterocycles. The lowest BCUT2D eigenvalue weighted by atomic mass is 9.83. The number of hydrogen-bond acceptors (Lipinski definition) is 3. The van der Waals surface area contributed by atoms with E-state index in [2.05, 4.69) is 4.72 Å². The predicted molar refractivity (Wildman–Crippen MR) is 81.8 cm³/mol. The van der Waals surface area contributed by atoms with Crippen LogP contribution in [-0.2, 0) is 10.0 Å². The first-order valence-corrected chi connectivity index (χ1v) is 8.89. The van der Waals surface area contributed by atoms with Crippen molar-refractivity contribution in [2.24, 2.45) is 5.92 Å². The van der Waals surface area contributed by atoms with Crippen LogP contribution in [0.25, 0.3) is 0 Å². The van der Waals surface area contributed by atoms with E-state index in [0.29, 0.717) is 11.6 Å². The van der Waals surface area contributed by atoms with Gasteiger partial charge in [0.2, 0.25) is 10.0 Å². The first-order valence-electron chi connectivity index (χ1n) is 7.41. The van der Waals surface area contributed by atoms with E-state index in [-0.39, 0.29) is 10.9 Å². The molecule has 4 nitrogen and oxygen atoms in total. The summed E-state index contributed by atoms with van der Waals surface area (Å²) in [7, 11) is -3.47. The second-order valence-electron chi connectivity index (χ2n) is 5.61. The fourth-order valence-electron chi connectivity index (χ4n) is 3.00. The molecule has 0 heterocycles. The van der Waals surface area contributed by atoms with Crippen molar-refractivity contribution in [3.8, 4) is 0 Å².